The second-order valence-electron chi connectivity index (χ2n) is 4.27. The molecule has 16 heavy (non-hydrogen) atoms. The third-order valence-corrected chi connectivity index (χ3v) is 3.43. The van der Waals surface area contributed by atoms with Crippen molar-refractivity contribution in [3.63, 3.8) is 0 Å². The van der Waals surface area contributed by atoms with Crippen LogP contribution in [0.2, 0.25) is 5.02 Å². The summed E-state index contributed by atoms with van der Waals surface area (Å²) in [6, 6.07) is 5.91. The van der Waals surface area contributed by atoms with Crippen LogP contribution in [-0.4, -0.2) is 19.7 Å². The molecule has 2 nitrogen and oxygen atoms in total. The molecule has 0 unspecified atom stereocenters. The monoisotopic (exact) mass is 239 g/mol. The van der Waals surface area contributed by atoms with Crippen LogP contribution in [0, 0.1) is 5.92 Å². The quantitative estimate of drug-likeness (QED) is 0.853. The molecule has 0 spiro atoms. The van der Waals surface area contributed by atoms with Gasteiger partial charge in [-0.15, -0.1) is 0 Å². The summed E-state index contributed by atoms with van der Waals surface area (Å²) in [6.07, 6.45) is 2.08. The number of halogens is 1. The van der Waals surface area contributed by atoms with Gasteiger partial charge in [-0.2, -0.15) is 0 Å². The van der Waals surface area contributed by atoms with E-state index >= 15 is 0 Å². The lowest BCUT2D eigenvalue weighted by molar-refractivity contribution is 0.238. The Bertz CT molecular complexity index is 350. The van der Waals surface area contributed by atoms with Gasteiger partial charge in [-0.3, -0.25) is 0 Å². The van der Waals surface area contributed by atoms with Crippen LogP contribution >= 0.6 is 11.6 Å². The van der Waals surface area contributed by atoms with Gasteiger partial charge < -0.3 is 10.1 Å². The number of ether oxygens (including phenoxy) is 1. The summed E-state index contributed by atoms with van der Waals surface area (Å²) in [6.45, 7) is 5.19. The van der Waals surface area contributed by atoms with Crippen LogP contribution in [0.3, 0.4) is 0 Å². The SMILES string of the molecule is CCc1cc(OCCC2CNC2)ccc1Cl. The Balaban J connectivity index is 1.83. The molecule has 1 aliphatic heterocycles. The van der Waals surface area contributed by atoms with Gasteiger partial charge in [-0.05, 0) is 55.6 Å². The lowest BCUT2D eigenvalue weighted by Gasteiger charge is -2.26. The second-order valence-corrected chi connectivity index (χ2v) is 4.68. The minimum Gasteiger partial charge on any atom is -0.494 e. The molecule has 1 aromatic carbocycles. The van der Waals surface area contributed by atoms with Crippen molar-refractivity contribution >= 4 is 11.6 Å². The molecule has 1 aromatic rings. The Morgan fingerprint density at radius 1 is 1.44 bits per heavy atom. The molecule has 2 rings (SSSR count). The van der Waals surface area contributed by atoms with Gasteiger partial charge in [-0.25, -0.2) is 0 Å². The van der Waals surface area contributed by atoms with Gasteiger partial charge in [0.1, 0.15) is 5.75 Å². The highest BCUT2D eigenvalue weighted by atomic mass is 35.5. The van der Waals surface area contributed by atoms with Crippen molar-refractivity contribution in [2.75, 3.05) is 19.7 Å². The van der Waals surface area contributed by atoms with Crippen LogP contribution in [0.15, 0.2) is 18.2 Å². The van der Waals surface area contributed by atoms with Gasteiger partial charge in [0.05, 0.1) is 6.61 Å². The Labute approximate surface area is 102 Å². The fraction of sp³-hybridized carbons (Fsp3) is 0.538. The molecule has 0 radical (unpaired) electrons. The zero-order valence-electron chi connectivity index (χ0n) is 9.63. The minimum absolute atomic E-state index is 0.803. The van der Waals surface area contributed by atoms with Crippen molar-refractivity contribution in [2.24, 2.45) is 5.92 Å². The summed E-state index contributed by atoms with van der Waals surface area (Å²) in [4.78, 5) is 0. The zero-order valence-corrected chi connectivity index (χ0v) is 10.4. The normalized spacial score (nSPS) is 15.9. The number of benzene rings is 1. The maximum Gasteiger partial charge on any atom is 0.119 e. The van der Waals surface area contributed by atoms with E-state index in [1.165, 1.54) is 0 Å². The van der Waals surface area contributed by atoms with Crippen LogP contribution in [0.4, 0.5) is 0 Å². The molecule has 1 N–H and O–H groups in total. The third kappa shape index (κ3) is 2.89. The Kier molecular flexibility index (Phi) is 4.08. The largest absolute Gasteiger partial charge is 0.494 e. The molecule has 0 aliphatic carbocycles. The van der Waals surface area contributed by atoms with Gasteiger partial charge in [0.2, 0.25) is 0 Å². The van der Waals surface area contributed by atoms with Crippen molar-refractivity contribution < 1.29 is 4.74 Å². The van der Waals surface area contributed by atoms with E-state index in [9.17, 15) is 0 Å². The number of rotatable bonds is 5. The van der Waals surface area contributed by atoms with Crippen molar-refractivity contribution in [1.29, 1.82) is 0 Å². The van der Waals surface area contributed by atoms with Gasteiger partial charge in [0.15, 0.2) is 0 Å². The highest BCUT2D eigenvalue weighted by molar-refractivity contribution is 6.31. The number of aryl methyl sites for hydroxylation is 1. The first-order valence-corrected chi connectivity index (χ1v) is 6.29. The summed E-state index contributed by atoms with van der Waals surface area (Å²) in [5.74, 6) is 1.74. The van der Waals surface area contributed by atoms with E-state index in [-0.39, 0.29) is 0 Å². The third-order valence-electron chi connectivity index (χ3n) is 3.06. The van der Waals surface area contributed by atoms with Crippen LogP contribution in [0.1, 0.15) is 18.9 Å². The van der Waals surface area contributed by atoms with E-state index in [0.717, 1.165) is 54.8 Å². The van der Waals surface area contributed by atoms with Gasteiger partial charge >= 0.3 is 0 Å². The lowest BCUT2D eigenvalue weighted by Crippen LogP contribution is -2.42. The molecule has 88 valence electrons. The second kappa shape index (κ2) is 5.55. The van der Waals surface area contributed by atoms with Gasteiger partial charge in [0.25, 0.3) is 0 Å². The van der Waals surface area contributed by atoms with Crippen LogP contribution < -0.4 is 10.1 Å². The highest BCUT2D eigenvalue weighted by Crippen LogP contribution is 2.23. The van der Waals surface area contributed by atoms with E-state index in [1.54, 1.807) is 0 Å². The topological polar surface area (TPSA) is 21.3 Å². The molecule has 0 amide bonds. The Hall–Kier alpha value is -0.730. The first kappa shape index (κ1) is 11.7. The van der Waals surface area contributed by atoms with Crippen LogP contribution in [0.25, 0.3) is 0 Å². The van der Waals surface area contributed by atoms with Crippen molar-refractivity contribution in [3.8, 4) is 5.75 Å². The standard InChI is InChI=1S/C13H18ClNO/c1-2-11-7-12(3-4-13(11)14)16-6-5-10-8-15-9-10/h3-4,7,10,15H,2,5-6,8-9H2,1H3. The lowest BCUT2D eigenvalue weighted by atomic mass is 10.0. The summed E-state index contributed by atoms with van der Waals surface area (Å²) < 4.78 is 5.72. The molecule has 1 aliphatic rings. The maximum atomic E-state index is 6.05. The van der Waals surface area contributed by atoms with Crippen molar-refractivity contribution in [3.05, 3.63) is 28.8 Å². The minimum atomic E-state index is 0.803. The number of hydrogen-bond acceptors (Lipinski definition) is 2. The molecule has 0 atom stereocenters. The highest BCUT2D eigenvalue weighted by Gasteiger charge is 2.16. The van der Waals surface area contributed by atoms with Gasteiger partial charge in [0, 0.05) is 5.02 Å². The molecule has 3 heteroatoms. The smallest absolute Gasteiger partial charge is 0.119 e. The van der Waals surface area contributed by atoms with E-state index in [0.29, 0.717) is 0 Å². The van der Waals surface area contributed by atoms with Crippen molar-refractivity contribution in [1.82, 2.24) is 5.32 Å². The predicted octanol–water partition coefficient (Wildman–Crippen LogP) is 2.89. The molecule has 0 bridgehead atoms. The molecule has 1 saturated heterocycles. The maximum absolute atomic E-state index is 6.05. The van der Waals surface area contributed by atoms with E-state index < -0.39 is 0 Å². The molecule has 0 aromatic heterocycles. The summed E-state index contributed by atoms with van der Waals surface area (Å²) >= 11 is 6.05. The van der Waals surface area contributed by atoms with E-state index in [4.69, 9.17) is 16.3 Å². The zero-order chi connectivity index (χ0) is 11.4. The van der Waals surface area contributed by atoms with E-state index in [1.807, 2.05) is 18.2 Å². The summed E-state index contributed by atoms with van der Waals surface area (Å²) in [5, 5.41) is 4.09. The van der Waals surface area contributed by atoms with Crippen LogP contribution in [0.5, 0.6) is 5.75 Å². The summed E-state index contributed by atoms with van der Waals surface area (Å²) in [5.41, 5.74) is 1.16. The predicted molar refractivity (Wildman–Crippen MR) is 67.3 cm³/mol. The number of nitrogens with one attached hydrogen (secondary N) is 1. The fourth-order valence-electron chi connectivity index (χ4n) is 1.81. The molecule has 1 heterocycles. The van der Waals surface area contributed by atoms with Crippen LogP contribution in [-0.2, 0) is 6.42 Å². The summed E-state index contributed by atoms with van der Waals surface area (Å²) in [7, 11) is 0. The first-order chi connectivity index (χ1) is 7.79. The van der Waals surface area contributed by atoms with E-state index in [2.05, 4.69) is 12.2 Å². The molecule has 1 fully saturated rings. The number of hydrogen-bond donors (Lipinski definition) is 1. The first-order valence-electron chi connectivity index (χ1n) is 5.91. The molecular weight excluding hydrogens is 222 g/mol. The Morgan fingerprint density at radius 3 is 2.88 bits per heavy atom. The fourth-order valence-corrected chi connectivity index (χ4v) is 2.06. The average molecular weight is 240 g/mol. The molecular formula is C13H18ClNO. The van der Waals surface area contributed by atoms with Gasteiger partial charge in [-0.1, -0.05) is 18.5 Å². The average Bonchev–Trinajstić information content (AvgIpc) is 2.24. The Morgan fingerprint density at radius 2 is 2.25 bits per heavy atom. The van der Waals surface area contributed by atoms with Crippen molar-refractivity contribution in [2.45, 2.75) is 19.8 Å². The molecule has 0 saturated carbocycles.